The van der Waals surface area contributed by atoms with E-state index in [1.807, 2.05) is 0 Å². The van der Waals surface area contributed by atoms with Crippen LogP contribution >= 0.6 is 11.6 Å². The molecule has 2 aromatic rings. The second-order valence-electron chi connectivity index (χ2n) is 4.00. The van der Waals surface area contributed by atoms with E-state index in [9.17, 15) is 9.18 Å². The quantitative estimate of drug-likeness (QED) is 0.852. The van der Waals surface area contributed by atoms with Crippen molar-refractivity contribution in [3.63, 3.8) is 0 Å². The zero-order chi connectivity index (χ0) is 14.5. The number of para-hydroxylation sites is 2. The molecular formula is C14H12ClFN2O2. The van der Waals surface area contributed by atoms with E-state index in [-0.39, 0.29) is 17.3 Å². The molecule has 0 unspecified atom stereocenters. The smallest absolute Gasteiger partial charge is 0.262 e. The average molecular weight is 295 g/mol. The van der Waals surface area contributed by atoms with Gasteiger partial charge < -0.3 is 15.8 Å². The lowest BCUT2D eigenvalue weighted by Gasteiger charge is -2.10. The Morgan fingerprint density at radius 3 is 2.80 bits per heavy atom. The summed E-state index contributed by atoms with van der Waals surface area (Å²) in [6.45, 7) is -0.249. The third kappa shape index (κ3) is 3.61. The standard InChI is InChI=1S/C14H12ClFN2O2/c15-10-6-5-9(16)7-12(10)18-14(19)8-20-13-4-2-1-3-11(13)17/h1-7H,8,17H2,(H,18,19). The van der Waals surface area contributed by atoms with Crippen LogP contribution in [0.2, 0.25) is 5.02 Å². The van der Waals surface area contributed by atoms with Crippen LogP contribution in [0, 0.1) is 5.82 Å². The topological polar surface area (TPSA) is 64.3 Å². The van der Waals surface area contributed by atoms with Crippen molar-refractivity contribution >= 4 is 28.9 Å². The van der Waals surface area contributed by atoms with Gasteiger partial charge in [0.15, 0.2) is 6.61 Å². The summed E-state index contributed by atoms with van der Waals surface area (Å²) in [6.07, 6.45) is 0. The van der Waals surface area contributed by atoms with Crippen LogP contribution in [0.1, 0.15) is 0 Å². The molecule has 2 aromatic carbocycles. The first-order valence-electron chi connectivity index (χ1n) is 5.78. The van der Waals surface area contributed by atoms with E-state index in [0.29, 0.717) is 11.4 Å². The first-order valence-corrected chi connectivity index (χ1v) is 6.16. The van der Waals surface area contributed by atoms with E-state index < -0.39 is 11.7 Å². The van der Waals surface area contributed by atoms with Crippen LogP contribution in [-0.2, 0) is 4.79 Å². The minimum absolute atomic E-state index is 0.196. The SMILES string of the molecule is Nc1ccccc1OCC(=O)Nc1cc(F)ccc1Cl. The molecule has 0 spiro atoms. The van der Waals surface area contributed by atoms with Gasteiger partial charge in [-0.25, -0.2) is 4.39 Å². The summed E-state index contributed by atoms with van der Waals surface area (Å²) in [5.74, 6) is -0.535. The van der Waals surface area contributed by atoms with Crippen LogP contribution in [0.3, 0.4) is 0 Å². The van der Waals surface area contributed by atoms with Gasteiger partial charge in [0.05, 0.1) is 16.4 Å². The van der Waals surface area contributed by atoms with Crippen molar-refractivity contribution in [1.29, 1.82) is 0 Å². The molecule has 0 aliphatic heterocycles. The molecule has 1 amide bonds. The highest BCUT2D eigenvalue weighted by Crippen LogP contribution is 2.23. The molecule has 0 bridgehead atoms. The zero-order valence-electron chi connectivity index (χ0n) is 10.4. The lowest BCUT2D eigenvalue weighted by molar-refractivity contribution is -0.118. The number of carbonyl (C=O) groups is 1. The fourth-order valence-corrected chi connectivity index (χ4v) is 1.70. The molecule has 3 N–H and O–H groups in total. The highest BCUT2D eigenvalue weighted by atomic mass is 35.5. The summed E-state index contributed by atoms with van der Waals surface area (Å²) in [5.41, 5.74) is 6.31. The molecule has 6 heteroatoms. The van der Waals surface area contributed by atoms with Gasteiger partial charge in [-0.15, -0.1) is 0 Å². The van der Waals surface area contributed by atoms with Crippen LogP contribution in [0.4, 0.5) is 15.8 Å². The van der Waals surface area contributed by atoms with Crippen molar-refractivity contribution in [2.45, 2.75) is 0 Å². The van der Waals surface area contributed by atoms with Crippen LogP contribution < -0.4 is 15.8 Å². The minimum atomic E-state index is -0.488. The number of amides is 1. The molecule has 0 aliphatic rings. The molecule has 0 aromatic heterocycles. The van der Waals surface area contributed by atoms with E-state index in [1.54, 1.807) is 24.3 Å². The molecule has 0 saturated carbocycles. The van der Waals surface area contributed by atoms with Gasteiger partial charge in [0.2, 0.25) is 0 Å². The first-order chi connectivity index (χ1) is 9.56. The lowest BCUT2D eigenvalue weighted by atomic mass is 10.3. The summed E-state index contributed by atoms with van der Waals surface area (Å²) in [5, 5.41) is 2.71. The fraction of sp³-hybridized carbons (Fsp3) is 0.0714. The van der Waals surface area contributed by atoms with Crippen molar-refractivity contribution in [2.75, 3.05) is 17.7 Å². The normalized spacial score (nSPS) is 10.1. The van der Waals surface area contributed by atoms with Crippen LogP contribution in [0.15, 0.2) is 42.5 Å². The van der Waals surface area contributed by atoms with E-state index in [1.165, 1.54) is 12.1 Å². The second kappa shape index (κ2) is 6.25. The Balaban J connectivity index is 1.96. The third-order valence-corrected chi connectivity index (χ3v) is 2.81. The zero-order valence-corrected chi connectivity index (χ0v) is 11.2. The molecule has 0 atom stereocenters. The van der Waals surface area contributed by atoms with Gasteiger partial charge in [0.25, 0.3) is 5.91 Å². The Morgan fingerprint density at radius 2 is 2.05 bits per heavy atom. The van der Waals surface area contributed by atoms with Crippen molar-refractivity contribution in [3.8, 4) is 5.75 Å². The Hall–Kier alpha value is -2.27. The Morgan fingerprint density at radius 1 is 1.30 bits per heavy atom. The monoisotopic (exact) mass is 294 g/mol. The molecule has 4 nitrogen and oxygen atoms in total. The first kappa shape index (κ1) is 14.1. The van der Waals surface area contributed by atoms with Gasteiger partial charge in [-0.3, -0.25) is 4.79 Å². The van der Waals surface area contributed by atoms with Gasteiger partial charge in [0, 0.05) is 0 Å². The van der Waals surface area contributed by atoms with Crippen LogP contribution in [-0.4, -0.2) is 12.5 Å². The van der Waals surface area contributed by atoms with Gasteiger partial charge in [-0.05, 0) is 30.3 Å². The number of rotatable bonds is 4. The number of carbonyl (C=O) groups excluding carboxylic acids is 1. The third-order valence-electron chi connectivity index (χ3n) is 2.48. The molecule has 0 radical (unpaired) electrons. The van der Waals surface area contributed by atoms with E-state index in [0.717, 1.165) is 6.07 Å². The highest BCUT2D eigenvalue weighted by Gasteiger charge is 2.08. The summed E-state index contributed by atoms with van der Waals surface area (Å²) in [6, 6.07) is 10.5. The molecule has 0 heterocycles. The van der Waals surface area contributed by atoms with Crippen molar-refractivity contribution in [2.24, 2.45) is 0 Å². The molecule has 0 fully saturated rings. The van der Waals surface area contributed by atoms with Crippen molar-refractivity contribution < 1.29 is 13.9 Å². The van der Waals surface area contributed by atoms with Gasteiger partial charge in [0.1, 0.15) is 11.6 Å². The lowest BCUT2D eigenvalue weighted by Crippen LogP contribution is -2.20. The summed E-state index contributed by atoms with van der Waals surface area (Å²) < 4.78 is 18.3. The van der Waals surface area contributed by atoms with Gasteiger partial charge >= 0.3 is 0 Å². The maximum Gasteiger partial charge on any atom is 0.262 e. The Labute approximate surface area is 120 Å². The predicted molar refractivity (Wildman–Crippen MR) is 76.4 cm³/mol. The van der Waals surface area contributed by atoms with Gasteiger partial charge in [-0.1, -0.05) is 23.7 Å². The summed E-state index contributed by atoms with van der Waals surface area (Å²) in [4.78, 5) is 11.7. The Bertz CT molecular complexity index is 634. The number of hydrogen-bond acceptors (Lipinski definition) is 3. The summed E-state index contributed by atoms with van der Waals surface area (Å²) >= 11 is 5.84. The molecule has 2 rings (SSSR count). The number of anilines is 2. The number of benzene rings is 2. The number of nitrogen functional groups attached to an aromatic ring is 1. The molecular weight excluding hydrogens is 283 g/mol. The van der Waals surface area contributed by atoms with E-state index >= 15 is 0 Å². The largest absolute Gasteiger partial charge is 0.482 e. The highest BCUT2D eigenvalue weighted by molar-refractivity contribution is 6.33. The maximum absolute atomic E-state index is 13.0. The van der Waals surface area contributed by atoms with E-state index in [4.69, 9.17) is 22.1 Å². The van der Waals surface area contributed by atoms with E-state index in [2.05, 4.69) is 5.32 Å². The van der Waals surface area contributed by atoms with Crippen LogP contribution in [0.5, 0.6) is 5.75 Å². The molecule has 0 aliphatic carbocycles. The van der Waals surface area contributed by atoms with Gasteiger partial charge in [-0.2, -0.15) is 0 Å². The van der Waals surface area contributed by atoms with Crippen molar-refractivity contribution in [1.82, 2.24) is 0 Å². The minimum Gasteiger partial charge on any atom is -0.482 e. The Kier molecular flexibility index (Phi) is 4.42. The maximum atomic E-state index is 13.0. The van der Waals surface area contributed by atoms with Crippen molar-refractivity contribution in [3.05, 3.63) is 53.3 Å². The number of halogens is 2. The molecule has 20 heavy (non-hydrogen) atoms. The molecule has 104 valence electrons. The summed E-state index contributed by atoms with van der Waals surface area (Å²) in [7, 11) is 0. The number of nitrogens with one attached hydrogen (secondary N) is 1. The molecule has 0 saturated heterocycles. The predicted octanol–water partition coefficient (Wildman–Crippen LogP) is 3.08. The number of nitrogens with two attached hydrogens (primary N) is 1. The van der Waals surface area contributed by atoms with Crippen LogP contribution in [0.25, 0.3) is 0 Å². The fourth-order valence-electron chi connectivity index (χ4n) is 1.53. The second-order valence-corrected chi connectivity index (χ2v) is 4.41. The number of ether oxygens (including phenoxy) is 1. The number of hydrogen-bond donors (Lipinski definition) is 2. The average Bonchev–Trinajstić information content (AvgIpc) is 2.42.